The number of rotatable bonds is 3. The molecule has 3 heterocycles. The molecule has 1 aromatic carbocycles. The Morgan fingerprint density at radius 2 is 1.96 bits per heavy atom. The highest BCUT2D eigenvalue weighted by Crippen LogP contribution is 2.22. The second-order valence-corrected chi connectivity index (χ2v) is 7.03. The van der Waals surface area contributed by atoms with Crippen LogP contribution in [0.15, 0.2) is 41.3 Å². The molecule has 4 rings (SSSR count). The lowest BCUT2D eigenvalue weighted by molar-refractivity contribution is 0.553. The van der Waals surface area contributed by atoms with Gasteiger partial charge in [0.05, 0.1) is 35.3 Å². The Bertz CT molecular complexity index is 1100. The van der Waals surface area contributed by atoms with Crippen molar-refractivity contribution in [2.24, 2.45) is 0 Å². The van der Waals surface area contributed by atoms with Gasteiger partial charge in [-0.05, 0) is 37.0 Å². The van der Waals surface area contributed by atoms with Gasteiger partial charge in [0.15, 0.2) is 0 Å². The van der Waals surface area contributed by atoms with Crippen LogP contribution < -0.4 is 10.5 Å². The van der Waals surface area contributed by atoms with Gasteiger partial charge in [-0.3, -0.25) is 9.36 Å². The first-order chi connectivity index (χ1) is 13.2. The molecule has 6 nitrogen and oxygen atoms in total. The predicted octanol–water partition coefficient (Wildman–Crippen LogP) is 3.36. The predicted molar refractivity (Wildman–Crippen MR) is 105 cm³/mol. The fraction of sp³-hybridized carbons (Fsp3) is 0.300. The summed E-state index contributed by atoms with van der Waals surface area (Å²) in [7, 11) is 0. The second-order valence-electron chi connectivity index (χ2n) is 6.64. The molecule has 0 aliphatic carbocycles. The molecule has 0 spiro atoms. The molecule has 2 aromatic heterocycles. The highest BCUT2D eigenvalue weighted by molar-refractivity contribution is 6.30. The maximum Gasteiger partial charge on any atom is 0.263 e. The van der Waals surface area contributed by atoms with Crippen LogP contribution in [0.2, 0.25) is 5.15 Å². The van der Waals surface area contributed by atoms with Crippen LogP contribution in [0, 0.1) is 11.3 Å². The fourth-order valence-corrected chi connectivity index (χ4v) is 3.66. The average Bonchev–Trinajstić information content (AvgIpc) is 2.71. The molecular formula is C20H18ClN5O. The number of pyridine rings is 1. The first kappa shape index (κ1) is 17.5. The lowest BCUT2D eigenvalue weighted by Gasteiger charge is -2.30. The van der Waals surface area contributed by atoms with Gasteiger partial charge >= 0.3 is 0 Å². The zero-order valence-electron chi connectivity index (χ0n) is 14.7. The fourth-order valence-electron chi connectivity index (χ4n) is 3.50. The van der Waals surface area contributed by atoms with Crippen molar-refractivity contribution in [3.63, 3.8) is 0 Å². The van der Waals surface area contributed by atoms with E-state index >= 15 is 0 Å². The van der Waals surface area contributed by atoms with E-state index in [4.69, 9.17) is 16.6 Å². The Balaban J connectivity index is 1.91. The van der Waals surface area contributed by atoms with Crippen molar-refractivity contribution in [3.8, 4) is 6.07 Å². The normalized spacial score (nSPS) is 14.3. The number of benzene rings is 1. The number of piperidine rings is 1. The van der Waals surface area contributed by atoms with Gasteiger partial charge in [-0.15, -0.1) is 0 Å². The quantitative estimate of drug-likeness (QED) is 0.652. The minimum Gasteiger partial charge on any atom is -0.342 e. The largest absolute Gasteiger partial charge is 0.342 e. The number of fused-ring (bicyclic) bond motifs is 1. The van der Waals surface area contributed by atoms with Crippen molar-refractivity contribution >= 4 is 28.5 Å². The number of nitrogens with zero attached hydrogens (tertiary/aromatic N) is 5. The van der Waals surface area contributed by atoms with E-state index in [1.54, 1.807) is 22.9 Å². The Morgan fingerprint density at radius 1 is 1.19 bits per heavy atom. The molecule has 1 aliphatic rings. The highest BCUT2D eigenvalue weighted by Gasteiger charge is 2.20. The van der Waals surface area contributed by atoms with Crippen LogP contribution in [0.3, 0.4) is 0 Å². The number of halogens is 1. The van der Waals surface area contributed by atoms with E-state index in [1.807, 2.05) is 18.2 Å². The Hall–Kier alpha value is -2.91. The van der Waals surface area contributed by atoms with Crippen LogP contribution in [-0.2, 0) is 6.54 Å². The van der Waals surface area contributed by atoms with E-state index in [-0.39, 0.29) is 17.3 Å². The van der Waals surface area contributed by atoms with E-state index in [0.717, 1.165) is 31.5 Å². The third-order valence-electron chi connectivity index (χ3n) is 4.89. The van der Waals surface area contributed by atoms with E-state index < -0.39 is 0 Å². The number of aromatic nitrogens is 3. The molecule has 0 atom stereocenters. The van der Waals surface area contributed by atoms with Gasteiger partial charge in [-0.2, -0.15) is 5.26 Å². The van der Waals surface area contributed by atoms with Crippen molar-refractivity contribution in [1.82, 2.24) is 14.5 Å². The Kier molecular flexibility index (Phi) is 4.78. The smallest absolute Gasteiger partial charge is 0.263 e. The van der Waals surface area contributed by atoms with Crippen LogP contribution in [0.1, 0.15) is 30.4 Å². The molecular weight excluding hydrogens is 362 g/mol. The van der Waals surface area contributed by atoms with Crippen molar-refractivity contribution in [1.29, 1.82) is 5.26 Å². The lowest BCUT2D eigenvalue weighted by atomic mass is 10.1. The van der Waals surface area contributed by atoms with Crippen LogP contribution >= 0.6 is 11.6 Å². The van der Waals surface area contributed by atoms with E-state index in [2.05, 4.69) is 16.0 Å². The molecule has 0 bridgehead atoms. The first-order valence-electron chi connectivity index (χ1n) is 8.96. The molecule has 3 aromatic rings. The van der Waals surface area contributed by atoms with Gasteiger partial charge < -0.3 is 4.90 Å². The summed E-state index contributed by atoms with van der Waals surface area (Å²) >= 11 is 6.00. The van der Waals surface area contributed by atoms with Crippen LogP contribution in [0.25, 0.3) is 10.9 Å². The first-order valence-corrected chi connectivity index (χ1v) is 9.34. The van der Waals surface area contributed by atoms with Crippen LogP contribution in [-0.4, -0.2) is 27.6 Å². The summed E-state index contributed by atoms with van der Waals surface area (Å²) in [6, 6.07) is 11.1. The SMILES string of the molecule is N#Cc1ccccc1Cn1c(N2CCCCC2)nc2cnc(Cl)cc2c1=O. The van der Waals surface area contributed by atoms with E-state index in [1.165, 1.54) is 6.42 Å². The standard InChI is InChI=1S/C20H18ClN5O/c21-18-10-16-17(12-23-18)24-20(25-8-4-1-5-9-25)26(19(16)27)13-15-7-3-2-6-14(15)11-22/h2-3,6-7,10,12H,1,4-5,8-9,13H2. The number of nitriles is 1. The maximum absolute atomic E-state index is 13.3. The van der Waals surface area contributed by atoms with Crippen molar-refractivity contribution < 1.29 is 0 Å². The molecule has 0 N–H and O–H groups in total. The van der Waals surface area contributed by atoms with Gasteiger partial charge in [0.25, 0.3) is 5.56 Å². The number of hydrogen-bond acceptors (Lipinski definition) is 5. The monoisotopic (exact) mass is 379 g/mol. The third kappa shape index (κ3) is 3.38. The summed E-state index contributed by atoms with van der Waals surface area (Å²) < 4.78 is 1.65. The molecule has 0 unspecified atom stereocenters. The Morgan fingerprint density at radius 3 is 2.74 bits per heavy atom. The van der Waals surface area contributed by atoms with E-state index in [0.29, 0.717) is 22.4 Å². The minimum atomic E-state index is -0.169. The molecule has 1 fully saturated rings. The lowest BCUT2D eigenvalue weighted by Crippen LogP contribution is -2.36. The summed E-state index contributed by atoms with van der Waals surface area (Å²) in [6.45, 7) is 2.01. The molecule has 1 saturated heterocycles. The number of hydrogen-bond donors (Lipinski definition) is 0. The summed E-state index contributed by atoms with van der Waals surface area (Å²) in [6.07, 6.45) is 4.87. The van der Waals surface area contributed by atoms with Gasteiger partial charge in [-0.25, -0.2) is 9.97 Å². The molecule has 7 heteroatoms. The summed E-state index contributed by atoms with van der Waals surface area (Å²) in [5, 5.41) is 10.1. The summed E-state index contributed by atoms with van der Waals surface area (Å²) in [5.41, 5.74) is 1.72. The summed E-state index contributed by atoms with van der Waals surface area (Å²) in [5.74, 6) is 0.629. The minimum absolute atomic E-state index is 0.169. The van der Waals surface area contributed by atoms with Crippen molar-refractivity contribution in [3.05, 3.63) is 63.2 Å². The van der Waals surface area contributed by atoms with E-state index in [9.17, 15) is 10.1 Å². The molecule has 136 valence electrons. The third-order valence-corrected chi connectivity index (χ3v) is 5.10. The van der Waals surface area contributed by atoms with Crippen LogP contribution in [0.5, 0.6) is 0 Å². The highest BCUT2D eigenvalue weighted by atomic mass is 35.5. The molecule has 1 aliphatic heterocycles. The molecule has 0 radical (unpaired) electrons. The van der Waals surface area contributed by atoms with Gasteiger partial charge in [-0.1, -0.05) is 29.8 Å². The van der Waals surface area contributed by atoms with Gasteiger partial charge in [0, 0.05) is 13.1 Å². The molecule has 0 amide bonds. The van der Waals surface area contributed by atoms with Crippen molar-refractivity contribution in [2.45, 2.75) is 25.8 Å². The average molecular weight is 380 g/mol. The molecule has 0 saturated carbocycles. The second kappa shape index (κ2) is 7.37. The topological polar surface area (TPSA) is 74.8 Å². The van der Waals surface area contributed by atoms with Crippen LogP contribution in [0.4, 0.5) is 5.95 Å². The zero-order chi connectivity index (χ0) is 18.8. The summed E-state index contributed by atoms with van der Waals surface area (Å²) in [4.78, 5) is 24.2. The van der Waals surface area contributed by atoms with Gasteiger partial charge in [0.2, 0.25) is 5.95 Å². The van der Waals surface area contributed by atoms with Crippen molar-refractivity contribution in [2.75, 3.05) is 18.0 Å². The Labute approximate surface area is 161 Å². The van der Waals surface area contributed by atoms with Gasteiger partial charge in [0.1, 0.15) is 5.15 Å². The maximum atomic E-state index is 13.3. The number of anilines is 1. The zero-order valence-corrected chi connectivity index (χ0v) is 15.5. The molecule has 27 heavy (non-hydrogen) atoms.